The monoisotopic (exact) mass is 287 g/mol. The fraction of sp³-hybridized carbons (Fsp3) is 0.500. The predicted octanol–water partition coefficient (Wildman–Crippen LogP) is 1.50. The second-order valence-corrected chi connectivity index (χ2v) is 5.24. The minimum atomic E-state index is -0.0549. The van der Waals surface area contributed by atoms with E-state index in [4.69, 9.17) is 4.52 Å². The van der Waals surface area contributed by atoms with Crippen molar-refractivity contribution in [3.63, 3.8) is 0 Å². The number of rotatable bonds is 2. The van der Waals surface area contributed by atoms with Gasteiger partial charge in [-0.2, -0.15) is 4.98 Å². The average Bonchev–Trinajstić information content (AvgIpc) is 2.94. The SMILES string of the molecule is Cc1noc(C2CCN(C(=O)c3nccnc3C)CC2)n1. The van der Waals surface area contributed by atoms with Crippen molar-refractivity contribution in [2.45, 2.75) is 32.6 Å². The Morgan fingerprint density at radius 3 is 2.57 bits per heavy atom. The summed E-state index contributed by atoms with van der Waals surface area (Å²) in [7, 11) is 0. The van der Waals surface area contributed by atoms with Gasteiger partial charge in [0.15, 0.2) is 5.82 Å². The number of carbonyl (C=O) groups is 1. The van der Waals surface area contributed by atoms with Crippen molar-refractivity contribution in [2.24, 2.45) is 0 Å². The summed E-state index contributed by atoms with van der Waals surface area (Å²) in [6.07, 6.45) is 4.80. The molecule has 7 nitrogen and oxygen atoms in total. The molecule has 0 aromatic carbocycles. The molecule has 2 aromatic rings. The summed E-state index contributed by atoms with van der Waals surface area (Å²) in [5, 5.41) is 3.82. The van der Waals surface area contributed by atoms with E-state index >= 15 is 0 Å². The third kappa shape index (κ3) is 2.76. The Bertz CT molecular complexity index is 646. The highest BCUT2D eigenvalue weighted by Gasteiger charge is 2.28. The zero-order valence-electron chi connectivity index (χ0n) is 12.1. The van der Waals surface area contributed by atoms with Crippen LogP contribution in [0.5, 0.6) is 0 Å². The molecule has 0 unspecified atom stereocenters. The molecule has 7 heteroatoms. The lowest BCUT2D eigenvalue weighted by atomic mass is 9.96. The Hall–Kier alpha value is -2.31. The molecule has 1 amide bonds. The van der Waals surface area contributed by atoms with Crippen LogP contribution in [0.15, 0.2) is 16.9 Å². The van der Waals surface area contributed by atoms with E-state index in [0.29, 0.717) is 36.2 Å². The van der Waals surface area contributed by atoms with Crippen molar-refractivity contribution in [3.8, 4) is 0 Å². The van der Waals surface area contributed by atoms with Gasteiger partial charge in [0.25, 0.3) is 5.91 Å². The molecule has 21 heavy (non-hydrogen) atoms. The number of piperidine rings is 1. The molecule has 0 atom stereocenters. The summed E-state index contributed by atoms with van der Waals surface area (Å²) < 4.78 is 5.22. The molecule has 0 aliphatic carbocycles. The zero-order valence-corrected chi connectivity index (χ0v) is 12.1. The zero-order chi connectivity index (χ0) is 14.8. The number of nitrogens with zero attached hydrogens (tertiary/aromatic N) is 5. The number of aryl methyl sites for hydroxylation is 2. The Labute approximate surface area is 122 Å². The fourth-order valence-electron chi connectivity index (χ4n) is 2.58. The topological polar surface area (TPSA) is 85.0 Å². The lowest BCUT2D eigenvalue weighted by molar-refractivity contribution is 0.0697. The molecule has 1 fully saturated rings. The number of hydrogen-bond donors (Lipinski definition) is 0. The van der Waals surface area contributed by atoms with E-state index in [9.17, 15) is 4.79 Å². The molecule has 2 aromatic heterocycles. The second kappa shape index (κ2) is 5.59. The summed E-state index contributed by atoms with van der Waals surface area (Å²) in [5.41, 5.74) is 1.10. The Morgan fingerprint density at radius 2 is 1.95 bits per heavy atom. The van der Waals surface area contributed by atoms with Crippen LogP contribution in [0.2, 0.25) is 0 Å². The van der Waals surface area contributed by atoms with Gasteiger partial charge >= 0.3 is 0 Å². The van der Waals surface area contributed by atoms with E-state index in [2.05, 4.69) is 20.1 Å². The molecule has 1 saturated heterocycles. The van der Waals surface area contributed by atoms with Crippen molar-refractivity contribution in [1.82, 2.24) is 25.0 Å². The first-order chi connectivity index (χ1) is 10.1. The van der Waals surface area contributed by atoms with Crippen LogP contribution in [-0.4, -0.2) is 44.0 Å². The Kier molecular flexibility index (Phi) is 3.64. The van der Waals surface area contributed by atoms with E-state index in [-0.39, 0.29) is 11.8 Å². The maximum absolute atomic E-state index is 12.4. The second-order valence-electron chi connectivity index (χ2n) is 5.24. The molecule has 3 rings (SSSR count). The smallest absolute Gasteiger partial charge is 0.274 e. The maximum atomic E-state index is 12.4. The first-order valence-corrected chi connectivity index (χ1v) is 7.02. The summed E-state index contributed by atoms with van der Waals surface area (Å²) in [5.74, 6) is 1.51. The number of hydrogen-bond acceptors (Lipinski definition) is 6. The molecule has 3 heterocycles. The minimum absolute atomic E-state index is 0.0549. The van der Waals surface area contributed by atoms with Crippen LogP contribution in [-0.2, 0) is 0 Å². The molecule has 0 saturated carbocycles. The maximum Gasteiger partial charge on any atom is 0.274 e. The average molecular weight is 287 g/mol. The van der Waals surface area contributed by atoms with E-state index in [1.807, 2.05) is 11.8 Å². The lowest BCUT2D eigenvalue weighted by Gasteiger charge is -2.30. The number of carbonyl (C=O) groups excluding carboxylic acids is 1. The van der Waals surface area contributed by atoms with Gasteiger partial charge in [0.1, 0.15) is 5.69 Å². The van der Waals surface area contributed by atoms with Gasteiger partial charge in [-0.15, -0.1) is 0 Å². The molecule has 110 valence electrons. The highest BCUT2D eigenvalue weighted by atomic mass is 16.5. The van der Waals surface area contributed by atoms with E-state index in [1.54, 1.807) is 19.3 Å². The van der Waals surface area contributed by atoms with Gasteiger partial charge < -0.3 is 9.42 Å². The third-order valence-electron chi connectivity index (χ3n) is 3.76. The highest BCUT2D eigenvalue weighted by molar-refractivity contribution is 5.93. The van der Waals surface area contributed by atoms with Crippen LogP contribution in [0.3, 0.4) is 0 Å². The first kappa shape index (κ1) is 13.7. The van der Waals surface area contributed by atoms with Crippen molar-refractivity contribution in [3.05, 3.63) is 35.5 Å². The van der Waals surface area contributed by atoms with Crippen molar-refractivity contribution in [1.29, 1.82) is 0 Å². The van der Waals surface area contributed by atoms with Crippen LogP contribution in [0.25, 0.3) is 0 Å². The van der Waals surface area contributed by atoms with Crippen LogP contribution in [0.4, 0.5) is 0 Å². The van der Waals surface area contributed by atoms with Crippen LogP contribution < -0.4 is 0 Å². The van der Waals surface area contributed by atoms with Gasteiger partial charge in [-0.1, -0.05) is 5.16 Å². The first-order valence-electron chi connectivity index (χ1n) is 7.02. The number of amides is 1. The Balaban J connectivity index is 1.66. The summed E-state index contributed by atoms with van der Waals surface area (Å²) in [6.45, 7) is 4.94. The fourth-order valence-corrected chi connectivity index (χ4v) is 2.58. The largest absolute Gasteiger partial charge is 0.339 e. The molecule has 0 spiro atoms. The normalized spacial score (nSPS) is 16.2. The predicted molar refractivity (Wildman–Crippen MR) is 73.7 cm³/mol. The molecule has 0 N–H and O–H groups in total. The minimum Gasteiger partial charge on any atom is -0.339 e. The van der Waals surface area contributed by atoms with Crippen molar-refractivity contribution in [2.75, 3.05) is 13.1 Å². The van der Waals surface area contributed by atoms with Gasteiger partial charge in [0, 0.05) is 31.4 Å². The van der Waals surface area contributed by atoms with E-state index in [1.165, 1.54) is 0 Å². The molecule has 1 aliphatic rings. The molecule has 1 aliphatic heterocycles. The quantitative estimate of drug-likeness (QED) is 0.832. The van der Waals surface area contributed by atoms with E-state index in [0.717, 1.165) is 12.8 Å². The molecular formula is C14H17N5O2. The third-order valence-corrected chi connectivity index (χ3v) is 3.76. The summed E-state index contributed by atoms with van der Waals surface area (Å²) in [6, 6.07) is 0. The van der Waals surface area contributed by atoms with Crippen molar-refractivity contribution >= 4 is 5.91 Å². The van der Waals surface area contributed by atoms with E-state index < -0.39 is 0 Å². The highest BCUT2D eigenvalue weighted by Crippen LogP contribution is 2.27. The van der Waals surface area contributed by atoms with Gasteiger partial charge in [0.2, 0.25) is 5.89 Å². The number of likely N-dealkylation sites (tertiary alicyclic amines) is 1. The Morgan fingerprint density at radius 1 is 1.24 bits per heavy atom. The van der Waals surface area contributed by atoms with Crippen molar-refractivity contribution < 1.29 is 9.32 Å². The van der Waals surface area contributed by atoms with Gasteiger partial charge in [-0.05, 0) is 26.7 Å². The lowest BCUT2D eigenvalue weighted by Crippen LogP contribution is -2.38. The molecule has 0 bridgehead atoms. The van der Waals surface area contributed by atoms with Gasteiger partial charge in [-0.25, -0.2) is 4.98 Å². The molecular weight excluding hydrogens is 270 g/mol. The number of aromatic nitrogens is 4. The van der Waals surface area contributed by atoms with Crippen LogP contribution in [0, 0.1) is 13.8 Å². The summed E-state index contributed by atoms with van der Waals surface area (Å²) in [4.78, 5) is 26.8. The van der Waals surface area contributed by atoms with Crippen LogP contribution in [0.1, 0.15) is 46.7 Å². The summed E-state index contributed by atoms with van der Waals surface area (Å²) >= 11 is 0. The van der Waals surface area contributed by atoms with Gasteiger partial charge in [0.05, 0.1) is 5.69 Å². The van der Waals surface area contributed by atoms with Gasteiger partial charge in [-0.3, -0.25) is 9.78 Å². The standard InChI is InChI=1S/C14H17N5O2/c1-9-12(16-6-5-15-9)14(20)19-7-3-11(4-8-19)13-17-10(2)18-21-13/h5-6,11H,3-4,7-8H2,1-2H3. The molecule has 0 radical (unpaired) electrons. The van der Waals surface area contributed by atoms with Crippen LogP contribution >= 0.6 is 0 Å².